The number of ketones is 2. The average Bonchev–Trinajstić information content (AvgIpc) is 3.03. The largest absolute Gasteiger partial charge is 0.481 e. The number of rotatable bonds is 6. The molecule has 4 aliphatic rings. The number of hydrogen-bond acceptors (Lipinski definition) is 6. The molecule has 0 aromatic carbocycles. The Hall–Kier alpha value is -1.02. The fourth-order valence-electron chi connectivity index (χ4n) is 7.58. The number of Topliss-reactive ketones (excluding diaryl/α,β-unsaturated/α-hetero) is 1. The second-order valence-corrected chi connectivity index (χ2v) is 10.8. The number of esters is 1. The Morgan fingerprint density at radius 2 is 1.73 bits per heavy atom. The van der Waals surface area contributed by atoms with Crippen molar-refractivity contribution in [1.82, 2.24) is 0 Å². The van der Waals surface area contributed by atoms with Gasteiger partial charge in [-0.1, -0.05) is 19.4 Å². The monoisotopic (exact) mass is 469 g/mol. The molecule has 0 bridgehead atoms. The maximum absolute atomic E-state index is 13.1. The first-order valence-corrected chi connectivity index (χ1v) is 11.9. The van der Waals surface area contributed by atoms with Gasteiger partial charge in [0.1, 0.15) is 5.60 Å². The van der Waals surface area contributed by atoms with Gasteiger partial charge in [-0.05, 0) is 74.2 Å². The van der Waals surface area contributed by atoms with Gasteiger partial charge < -0.3 is 14.9 Å². The zero-order valence-electron chi connectivity index (χ0n) is 20.0. The molecule has 33 heavy (non-hydrogen) atoms. The van der Waals surface area contributed by atoms with Crippen molar-refractivity contribution < 1.29 is 34.1 Å². The fraction of sp³-hybridized carbons (Fsp3) is 0.760. The van der Waals surface area contributed by atoms with E-state index in [1.807, 2.05) is 13.0 Å². The van der Waals surface area contributed by atoms with E-state index in [1.165, 1.54) is 5.57 Å². The predicted octanol–water partition coefficient (Wildman–Crippen LogP) is 2.85. The van der Waals surface area contributed by atoms with Gasteiger partial charge in [-0.25, -0.2) is 0 Å². The summed E-state index contributed by atoms with van der Waals surface area (Å²) in [5, 5.41) is 20.3. The van der Waals surface area contributed by atoms with Gasteiger partial charge in [0.15, 0.2) is 12.4 Å². The molecule has 0 spiro atoms. The van der Waals surface area contributed by atoms with E-state index in [4.69, 9.17) is 9.84 Å². The Balaban J connectivity index is 0.00000306. The van der Waals surface area contributed by atoms with Crippen LogP contribution in [0.3, 0.4) is 0 Å². The molecule has 4 aliphatic carbocycles. The second kappa shape index (κ2) is 9.56. The molecule has 0 aliphatic heterocycles. The number of fused-ring (bicyclic) bond motifs is 5. The van der Waals surface area contributed by atoms with Gasteiger partial charge in [-0.3, -0.25) is 19.2 Å². The van der Waals surface area contributed by atoms with Crippen LogP contribution in [0.25, 0.3) is 0 Å². The van der Waals surface area contributed by atoms with Crippen LogP contribution >= 0.6 is 0 Å². The van der Waals surface area contributed by atoms with Crippen molar-refractivity contribution in [2.24, 2.45) is 28.6 Å². The van der Waals surface area contributed by atoms with Crippen molar-refractivity contribution in [1.29, 1.82) is 0 Å². The van der Waals surface area contributed by atoms with Crippen molar-refractivity contribution in [2.75, 3.05) is 6.61 Å². The zero-order chi connectivity index (χ0) is 23.3. The quantitative estimate of drug-likeness (QED) is 0.454. The van der Waals surface area contributed by atoms with Gasteiger partial charge in [0, 0.05) is 41.4 Å². The van der Waals surface area contributed by atoms with Crippen LogP contribution in [0, 0.1) is 28.6 Å². The molecule has 8 heteroatoms. The van der Waals surface area contributed by atoms with E-state index in [-0.39, 0.29) is 59.5 Å². The number of allylic oxidation sites excluding steroid dienone is 1. The number of aliphatic hydroxyl groups is 1. The molecular weight excluding hydrogens is 435 g/mol. The Morgan fingerprint density at radius 3 is 2.42 bits per heavy atom. The second-order valence-electron chi connectivity index (χ2n) is 10.8. The summed E-state index contributed by atoms with van der Waals surface area (Å²) in [5.41, 5.74) is -0.783. The summed E-state index contributed by atoms with van der Waals surface area (Å²) in [7, 11) is 0. The first-order valence-electron chi connectivity index (χ1n) is 11.9. The standard InChI is InChI=1S/C25H34O7.Na/c1-23-10-7-16(26)13-15(23)3-4-17-18(23)8-11-24(2)19(17)9-12-25(24,31)20(27)14-32-22(30)6-5-21(28)29;/h13,17-19,31H,3-12,14H2,1-2H3,(H,28,29);/t17-,18+,19+,23+,24+,25+;/m1./s1. The normalized spacial score (nSPS) is 39.3. The maximum atomic E-state index is 13.1. The third-order valence-corrected chi connectivity index (χ3v) is 9.48. The molecule has 1 radical (unpaired) electrons. The van der Waals surface area contributed by atoms with E-state index in [2.05, 4.69) is 6.92 Å². The predicted molar refractivity (Wildman–Crippen MR) is 120 cm³/mol. The Kier molecular flexibility index (Phi) is 7.70. The maximum Gasteiger partial charge on any atom is 0.306 e. The van der Waals surface area contributed by atoms with Crippen LogP contribution < -0.4 is 0 Å². The van der Waals surface area contributed by atoms with Gasteiger partial charge >= 0.3 is 11.9 Å². The summed E-state index contributed by atoms with van der Waals surface area (Å²) in [6.45, 7) is 3.80. The van der Waals surface area contributed by atoms with E-state index < -0.39 is 35.3 Å². The number of hydrogen-bond donors (Lipinski definition) is 2. The molecule has 6 atom stereocenters. The van der Waals surface area contributed by atoms with E-state index in [0.717, 1.165) is 38.5 Å². The van der Waals surface area contributed by atoms with Crippen LogP contribution in [-0.4, -0.2) is 75.5 Å². The molecule has 4 rings (SSSR count). The van der Waals surface area contributed by atoms with Crippen molar-refractivity contribution in [3.63, 3.8) is 0 Å². The molecule has 0 amide bonds. The van der Waals surface area contributed by atoms with Crippen LogP contribution in [0.4, 0.5) is 0 Å². The molecular formula is C25H34NaO7. The Labute approximate surface area is 217 Å². The molecule has 0 aromatic heterocycles. The molecule has 2 N–H and O–H groups in total. The van der Waals surface area contributed by atoms with Crippen molar-refractivity contribution in [3.8, 4) is 0 Å². The summed E-state index contributed by atoms with van der Waals surface area (Å²) in [5.74, 6) is -1.00. The summed E-state index contributed by atoms with van der Waals surface area (Å²) in [4.78, 5) is 47.4. The minimum Gasteiger partial charge on any atom is -0.481 e. The average molecular weight is 470 g/mol. The molecule has 0 heterocycles. The van der Waals surface area contributed by atoms with Gasteiger partial charge in [-0.15, -0.1) is 0 Å². The van der Waals surface area contributed by atoms with Crippen molar-refractivity contribution in [3.05, 3.63) is 11.6 Å². The summed E-state index contributed by atoms with van der Waals surface area (Å²) in [6.07, 6.45) is 7.37. The van der Waals surface area contributed by atoms with E-state index in [0.29, 0.717) is 24.7 Å². The first kappa shape index (κ1) is 26.6. The minimum absolute atomic E-state index is 0. The number of carbonyl (C=O) groups excluding carboxylic acids is 3. The third kappa shape index (κ3) is 4.39. The molecule has 0 saturated heterocycles. The smallest absolute Gasteiger partial charge is 0.306 e. The topological polar surface area (TPSA) is 118 Å². The van der Waals surface area contributed by atoms with Gasteiger partial charge in [0.05, 0.1) is 12.8 Å². The molecule has 177 valence electrons. The molecule has 0 aromatic rings. The molecule has 3 fully saturated rings. The van der Waals surface area contributed by atoms with Crippen LogP contribution in [0.15, 0.2) is 11.6 Å². The zero-order valence-corrected chi connectivity index (χ0v) is 22.0. The van der Waals surface area contributed by atoms with E-state index >= 15 is 0 Å². The Bertz CT molecular complexity index is 882. The Morgan fingerprint density at radius 1 is 1.03 bits per heavy atom. The van der Waals surface area contributed by atoms with Crippen LogP contribution in [0.1, 0.15) is 78.1 Å². The molecule has 7 nitrogen and oxygen atoms in total. The van der Waals surface area contributed by atoms with Crippen molar-refractivity contribution in [2.45, 2.75) is 83.7 Å². The van der Waals surface area contributed by atoms with Crippen LogP contribution in [-0.2, 0) is 23.9 Å². The number of carbonyl (C=O) groups is 4. The van der Waals surface area contributed by atoms with E-state index in [9.17, 15) is 24.3 Å². The fourth-order valence-corrected chi connectivity index (χ4v) is 7.58. The van der Waals surface area contributed by atoms with Crippen LogP contribution in [0.2, 0.25) is 0 Å². The van der Waals surface area contributed by atoms with Crippen LogP contribution in [0.5, 0.6) is 0 Å². The summed E-state index contributed by atoms with van der Waals surface area (Å²) >= 11 is 0. The number of ether oxygens (including phenoxy) is 1. The van der Waals surface area contributed by atoms with Gasteiger partial charge in [0.2, 0.25) is 5.78 Å². The third-order valence-electron chi connectivity index (χ3n) is 9.48. The minimum atomic E-state index is -1.53. The SMILES string of the molecule is C[C@]12CCC(=O)C=C1CC[C@@H]1[C@@H]2CC[C@@]2(C)[C@H]1CC[C@]2(O)C(=O)COC(=O)CCC(=O)O.[Na]. The van der Waals surface area contributed by atoms with E-state index in [1.54, 1.807) is 0 Å². The number of carboxylic acids is 1. The van der Waals surface area contributed by atoms with Crippen molar-refractivity contribution >= 4 is 53.1 Å². The molecule has 0 unspecified atom stereocenters. The summed E-state index contributed by atoms with van der Waals surface area (Å²) < 4.78 is 5.01. The summed E-state index contributed by atoms with van der Waals surface area (Å²) in [6, 6.07) is 0. The van der Waals surface area contributed by atoms with Gasteiger partial charge in [0.25, 0.3) is 0 Å². The number of aliphatic carboxylic acids is 1. The number of carboxylic acid groups (broad SMARTS) is 1. The molecule has 3 saturated carbocycles. The van der Waals surface area contributed by atoms with Gasteiger partial charge in [-0.2, -0.15) is 0 Å². The first-order chi connectivity index (χ1) is 15.0.